The Morgan fingerprint density at radius 1 is 1.64 bits per heavy atom. The van der Waals surface area contributed by atoms with E-state index in [4.69, 9.17) is 5.26 Å². The number of nitrogens with zero attached hydrogens (tertiary/aromatic N) is 2. The fraction of sp³-hybridized carbons (Fsp3) is 0.333. The maximum absolute atomic E-state index is 12.5. The molecule has 0 spiro atoms. The summed E-state index contributed by atoms with van der Waals surface area (Å²) < 4.78 is 25.5. The first-order chi connectivity index (χ1) is 6.57. The molecule has 0 aliphatic heterocycles. The van der Waals surface area contributed by atoms with Crippen LogP contribution in [0.2, 0.25) is 0 Å². The van der Waals surface area contributed by atoms with Crippen molar-refractivity contribution >= 4 is 15.9 Å². The maximum atomic E-state index is 12.5. The van der Waals surface area contributed by atoms with Crippen LogP contribution in [0.5, 0.6) is 0 Å². The van der Waals surface area contributed by atoms with Crippen LogP contribution < -0.4 is 0 Å². The van der Waals surface area contributed by atoms with E-state index < -0.39 is 6.43 Å². The summed E-state index contributed by atoms with van der Waals surface area (Å²) in [4.78, 5) is 3.77. The Hall–Kier alpha value is -1.02. The molecule has 2 nitrogen and oxygen atoms in total. The molecular formula is C9H7BrF2N2. The number of rotatable bonds is 2. The van der Waals surface area contributed by atoms with Gasteiger partial charge in [-0.1, -0.05) is 0 Å². The molecule has 1 aromatic heterocycles. The lowest BCUT2D eigenvalue weighted by atomic mass is 10.0. The summed E-state index contributed by atoms with van der Waals surface area (Å²) in [6.45, 7) is 1.66. The minimum absolute atomic E-state index is 0.0212. The van der Waals surface area contributed by atoms with Crippen LogP contribution in [0.4, 0.5) is 8.78 Å². The number of pyridine rings is 1. The normalized spacial score (nSPS) is 10.3. The van der Waals surface area contributed by atoms with Crippen molar-refractivity contribution in [3.05, 3.63) is 27.5 Å². The van der Waals surface area contributed by atoms with Crippen LogP contribution in [0, 0.1) is 18.3 Å². The largest absolute Gasteiger partial charge is 0.265 e. The van der Waals surface area contributed by atoms with E-state index in [0.717, 1.165) is 6.20 Å². The minimum atomic E-state index is -2.59. The fourth-order valence-corrected chi connectivity index (χ4v) is 1.49. The highest BCUT2D eigenvalue weighted by Crippen LogP contribution is 2.28. The van der Waals surface area contributed by atoms with E-state index in [1.807, 2.05) is 6.07 Å². The van der Waals surface area contributed by atoms with E-state index >= 15 is 0 Å². The minimum Gasteiger partial charge on any atom is -0.249 e. The molecule has 0 saturated carbocycles. The Bertz CT molecular complexity index is 385. The van der Waals surface area contributed by atoms with Crippen molar-refractivity contribution in [3.8, 4) is 6.07 Å². The first-order valence-corrected chi connectivity index (χ1v) is 4.66. The molecule has 0 amide bonds. The molecule has 1 heterocycles. The second-order valence-electron chi connectivity index (χ2n) is 2.74. The molecule has 0 atom stereocenters. The highest BCUT2D eigenvalue weighted by Gasteiger charge is 2.16. The van der Waals surface area contributed by atoms with Crippen molar-refractivity contribution in [1.82, 2.24) is 4.98 Å². The van der Waals surface area contributed by atoms with Crippen LogP contribution in [-0.2, 0) is 6.42 Å². The van der Waals surface area contributed by atoms with Gasteiger partial charge in [-0.25, -0.2) is 13.8 Å². The lowest BCUT2D eigenvalue weighted by molar-refractivity contribution is 0.150. The van der Waals surface area contributed by atoms with Gasteiger partial charge in [0.15, 0.2) is 0 Å². The quantitative estimate of drug-likeness (QED) is 0.766. The molecule has 0 N–H and O–H groups in total. The van der Waals surface area contributed by atoms with Crippen LogP contribution in [0.25, 0.3) is 0 Å². The van der Waals surface area contributed by atoms with E-state index in [0.29, 0.717) is 15.7 Å². The molecule has 0 radical (unpaired) electrons. The Labute approximate surface area is 88.7 Å². The fourth-order valence-electron chi connectivity index (χ4n) is 1.14. The van der Waals surface area contributed by atoms with Gasteiger partial charge < -0.3 is 0 Å². The van der Waals surface area contributed by atoms with Crippen molar-refractivity contribution in [2.75, 3.05) is 0 Å². The molecule has 0 aliphatic rings. The van der Waals surface area contributed by atoms with Crippen molar-refractivity contribution in [2.24, 2.45) is 0 Å². The van der Waals surface area contributed by atoms with E-state index in [1.54, 1.807) is 6.92 Å². The summed E-state index contributed by atoms with van der Waals surface area (Å²) in [6, 6.07) is 1.87. The zero-order valence-electron chi connectivity index (χ0n) is 7.39. The topological polar surface area (TPSA) is 36.7 Å². The standard InChI is InChI=1S/C9H7BrF2N2/c1-5-6(2-3-13)7(9(11)12)4-14-8(5)10/h4,9H,2H2,1H3. The van der Waals surface area contributed by atoms with Crippen LogP contribution >= 0.6 is 15.9 Å². The number of alkyl halides is 2. The lowest BCUT2D eigenvalue weighted by Crippen LogP contribution is -2.00. The monoisotopic (exact) mass is 260 g/mol. The molecule has 0 fully saturated rings. The van der Waals surface area contributed by atoms with Gasteiger partial charge >= 0.3 is 0 Å². The summed E-state index contributed by atoms with van der Waals surface area (Å²) in [5.74, 6) is 0. The van der Waals surface area contributed by atoms with Crippen LogP contribution in [0.3, 0.4) is 0 Å². The van der Waals surface area contributed by atoms with Gasteiger partial charge in [-0.3, -0.25) is 0 Å². The molecule has 1 rings (SSSR count). The van der Waals surface area contributed by atoms with Gasteiger partial charge in [0.25, 0.3) is 6.43 Å². The zero-order chi connectivity index (χ0) is 10.7. The molecule has 0 saturated heterocycles. The molecule has 0 aliphatic carbocycles. The molecular weight excluding hydrogens is 254 g/mol. The van der Waals surface area contributed by atoms with Crippen LogP contribution in [0.15, 0.2) is 10.8 Å². The smallest absolute Gasteiger partial charge is 0.249 e. The molecule has 0 aromatic carbocycles. The van der Waals surface area contributed by atoms with Gasteiger partial charge in [0.05, 0.1) is 12.5 Å². The number of halogens is 3. The molecule has 0 unspecified atom stereocenters. The van der Waals surface area contributed by atoms with Gasteiger partial charge in [0, 0.05) is 11.8 Å². The summed E-state index contributed by atoms with van der Waals surface area (Å²) in [7, 11) is 0. The Morgan fingerprint density at radius 3 is 2.79 bits per heavy atom. The van der Waals surface area contributed by atoms with Crippen molar-refractivity contribution in [2.45, 2.75) is 19.8 Å². The second-order valence-corrected chi connectivity index (χ2v) is 3.49. The van der Waals surface area contributed by atoms with Gasteiger partial charge in [-0.2, -0.15) is 5.26 Å². The predicted molar refractivity (Wildman–Crippen MR) is 50.9 cm³/mol. The SMILES string of the molecule is Cc1c(Br)ncc(C(F)F)c1CC#N. The molecule has 74 valence electrons. The summed E-state index contributed by atoms with van der Waals surface area (Å²) >= 11 is 3.13. The number of nitriles is 1. The average Bonchev–Trinajstić information content (AvgIpc) is 2.13. The molecule has 0 bridgehead atoms. The van der Waals surface area contributed by atoms with Gasteiger partial charge in [-0.15, -0.1) is 0 Å². The van der Waals surface area contributed by atoms with Crippen molar-refractivity contribution in [1.29, 1.82) is 5.26 Å². The highest BCUT2D eigenvalue weighted by molar-refractivity contribution is 9.10. The molecule has 5 heteroatoms. The van der Waals surface area contributed by atoms with E-state index in [2.05, 4.69) is 20.9 Å². The second kappa shape index (κ2) is 4.47. The zero-order valence-corrected chi connectivity index (χ0v) is 8.98. The number of hydrogen-bond donors (Lipinski definition) is 0. The predicted octanol–water partition coefficient (Wildman–Crippen LogP) is 3.16. The van der Waals surface area contributed by atoms with Gasteiger partial charge in [-0.05, 0) is 34.0 Å². The summed E-state index contributed by atoms with van der Waals surface area (Å²) in [6.07, 6.45) is -1.50. The van der Waals surface area contributed by atoms with Crippen LogP contribution in [-0.4, -0.2) is 4.98 Å². The van der Waals surface area contributed by atoms with Crippen LogP contribution in [0.1, 0.15) is 23.1 Å². The third-order valence-corrected chi connectivity index (χ3v) is 2.72. The average molecular weight is 261 g/mol. The van der Waals surface area contributed by atoms with E-state index in [-0.39, 0.29) is 12.0 Å². The number of aromatic nitrogens is 1. The Balaban J connectivity index is 3.31. The van der Waals surface area contributed by atoms with E-state index in [9.17, 15) is 8.78 Å². The highest BCUT2D eigenvalue weighted by atomic mass is 79.9. The summed E-state index contributed by atoms with van der Waals surface area (Å²) in [5.41, 5.74) is 0.806. The summed E-state index contributed by atoms with van der Waals surface area (Å²) in [5, 5.41) is 8.51. The Kier molecular flexibility index (Phi) is 3.53. The van der Waals surface area contributed by atoms with Gasteiger partial charge in [0.2, 0.25) is 0 Å². The Morgan fingerprint density at radius 2 is 2.29 bits per heavy atom. The molecule has 1 aromatic rings. The van der Waals surface area contributed by atoms with Crippen molar-refractivity contribution in [3.63, 3.8) is 0 Å². The van der Waals surface area contributed by atoms with Gasteiger partial charge in [0.1, 0.15) is 4.60 Å². The lowest BCUT2D eigenvalue weighted by Gasteiger charge is -2.09. The first-order valence-electron chi connectivity index (χ1n) is 3.87. The maximum Gasteiger partial charge on any atom is 0.265 e. The third-order valence-electron chi connectivity index (χ3n) is 1.92. The first kappa shape index (κ1) is 11.1. The van der Waals surface area contributed by atoms with E-state index in [1.165, 1.54) is 0 Å². The number of hydrogen-bond acceptors (Lipinski definition) is 2. The van der Waals surface area contributed by atoms with Crippen molar-refractivity contribution < 1.29 is 8.78 Å². The molecule has 14 heavy (non-hydrogen) atoms. The third kappa shape index (κ3) is 2.07.